The molecule has 0 spiro atoms. The van der Waals surface area contributed by atoms with E-state index >= 15 is 0 Å². The van der Waals surface area contributed by atoms with Crippen LogP contribution in [0.4, 0.5) is 18.0 Å². The molecule has 206 valence electrons. The lowest BCUT2D eigenvalue weighted by molar-refractivity contribution is -0.154. The summed E-state index contributed by atoms with van der Waals surface area (Å²) in [6.45, 7) is 1.07. The van der Waals surface area contributed by atoms with Crippen molar-refractivity contribution in [2.24, 2.45) is 0 Å². The van der Waals surface area contributed by atoms with Crippen LogP contribution < -0.4 is 4.74 Å². The molecule has 2 aromatic rings. The predicted octanol–water partition coefficient (Wildman–Crippen LogP) is 5.37. The molecule has 0 radical (unpaired) electrons. The van der Waals surface area contributed by atoms with Crippen molar-refractivity contribution in [3.05, 3.63) is 65.2 Å². The Morgan fingerprint density at radius 2 is 1.68 bits per heavy atom. The van der Waals surface area contributed by atoms with Crippen LogP contribution in [0.3, 0.4) is 0 Å². The first-order chi connectivity index (χ1) is 18.1. The van der Waals surface area contributed by atoms with Crippen LogP contribution in [0.2, 0.25) is 0 Å². The standard InChI is InChI=1S/C28H33F3N2O5/c1-32-22(18-33(27(32)36)17-20-6-10-21(11-7-20)28(29,30)31)14-15-37-23-12-8-19(9-13-23)16-25(26(34)35)38-24-4-2-3-5-24/h6-13,22,24-25H,2-5,14-18H2,1H3,(H,34,35). The average molecular weight is 535 g/mol. The second kappa shape index (κ2) is 12.1. The van der Waals surface area contributed by atoms with Crippen molar-refractivity contribution in [1.82, 2.24) is 9.80 Å². The number of aliphatic carboxylic acids is 1. The Labute approximate surface area is 220 Å². The molecule has 1 aliphatic heterocycles. The number of likely N-dealkylation sites (N-methyl/N-ethyl adjacent to an activating group) is 1. The Kier molecular flexibility index (Phi) is 8.81. The number of alkyl halides is 3. The number of rotatable bonds is 11. The van der Waals surface area contributed by atoms with Crippen LogP contribution in [0, 0.1) is 0 Å². The van der Waals surface area contributed by atoms with Crippen LogP contribution in [-0.4, -0.2) is 65.4 Å². The number of halogens is 3. The number of carboxylic acid groups (broad SMARTS) is 1. The zero-order chi connectivity index (χ0) is 27.3. The van der Waals surface area contributed by atoms with E-state index in [1.54, 1.807) is 29.0 Å². The molecule has 10 heteroatoms. The number of carboxylic acids is 1. The Balaban J connectivity index is 1.23. The number of nitrogens with zero attached hydrogens (tertiary/aromatic N) is 2. The summed E-state index contributed by atoms with van der Waals surface area (Å²) in [6.07, 6.45) is -0.403. The van der Waals surface area contributed by atoms with Crippen LogP contribution in [-0.2, 0) is 28.7 Å². The van der Waals surface area contributed by atoms with Crippen LogP contribution in [0.25, 0.3) is 0 Å². The van der Waals surface area contributed by atoms with E-state index in [2.05, 4.69) is 0 Å². The first-order valence-corrected chi connectivity index (χ1v) is 12.9. The van der Waals surface area contributed by atoms with Crippen molar-refractivity contribution >= 4 is 12.0 Å². The van der Waals surface area contributed by atoms with Gasteiger partial charge in [-0.25, -0.2) is 9.59 Å². The van der Waals surface area contributed by atoms with Crippen LogP contribution in [0.15, 0.2) is 48.5 Å². The van der Waals surface area contributed by atoms with Gasteiger partial charge in [0.05, 0.1) is 24.3 Å². The van der Waals surface area contributed by atoms with Gasteiger partial charge < -0.3 is 24.4 Å². The molecule has 4 rings (SSSR count). The number of carbonyl (C=O) groups is 2. The Morgan fingerprint density at radius 3 is 2.29 bits per heavy atom. The second-order valence-electron chi connectivity index (χ2n) is 9.98. The maximum absolute atomic E-state index is 12.8. The van der Waals surface area contributed by atoms with E-state index < -0.39 is 23.8 Å². The number of amides is 2. The van der Waals surface area contributed by atoms with Gasteiger partial charge in [-0.1, -0.05) is 37.1 Å². The van der Waals surface area contributed by atoms with Gasteiger partial charge in [0.25, 0.3) is 0 Å². The third-order valence-corrected chi connectivity index (χ3v) is 7.20. The Bertz CT molecular complexity index is 1090. The molecular weight excluding hydrogens is 501 g/mol. The molecule has 38 heavy (non-hydrogen) atoms. The highest BCUT2D eigenvalue weighted by Gasteiger charge is 2.35. The molecule has 2 fully saturated rings. The smallest absolute Gasteiger partial charge is 0.416 e. The molecule has 2 amide bonds. The van der Waals surface area contributed by atoms with E-state index in [1.165, 1.54) is 12.1 Å². The van der Waals surface area contributed by atoms with Crippen molar-refractivity contribution in [2.75, 3.05) is 20.2 Å². The van der Waals surface area contributed by atoms with Crippen molar-refractivity contribution in [3.8, 4) is 5.75 Å². The van der Waals surface area contributed by atoms with Crippen molar-refractivity contribution in [1.29, 1.82) is 0 Å². The van der Waals surface area contributed by atoms with E-state index in [0.717, 1.165) is 43.4 Å². The molecule has 1 saturated carbocycles. The summed E-state index contributed by atoms with van der Waals surface area (Å²) in [5.74, 6) is -0.314. The summed E-state index contributed by atoms with van der Waals surface area (Å²) in [5.41, 5.74) is 0.770. The summed E-state index contributed by atoms with van der Waals surface area (Å²) in [5, 5.41) is 9.53. The maximum Gasteiger partial charge on any atom is 0.416 e. The van der Waals surface area contributed by atoms with E-state index in [4.69, 9.17) is 9.47 Å². The molecule has 1 N–H and O–H groups in total. The normalized spacial score (nSPS) is 19.3. The molecular formula is C28H33F3N2O5. The van der Waals surface area contributed by atoms with E-state index in [1.807, 2.05) is 12.1 Å². The zero-order valence-corrected chi connectivity index (χ0v) is 21.3. The van der Waals surface area contributed by atoms with Gasteiger partial charge in [0, 0.05) is 33.0 Å². The van der Waals surface area contributed by atoms with Gasteiger partial charge in [0.15, 0.2) is 6.10 Å². The van der Waals surface area contributed by atoms with E-state index in [0.29, 0.717) is 30.9 Å². The molecule has 2 aromatic carbocycles. The largest absolute Gasteiger partial charge is 0.494 e. The van der Waals surface area contributed by atoms with Gasteiger partial charge in [-0.15, -0.1) is 0 Å². The minimum Gasteiger partial charge on any atom is -0.494 e. The summed E-state index contributed by atoms with van der Waals surface area (Å²) >= 11 is 0. The van der Waals surface area contributed by atoms with Crippen molar-refractivity contribution < 1.29 is 37.3 Å². The number of carbonyl (C=O) groups excluding carboxylic acids is 1. The number of hydrogen-bond donors (Lipinski definition) is 1. The van der Waals surface area contributed by atoms with Crippen molar-refractivity contribution in [3.63, 3.8) is 0 Å². The second-order valence-corrected chi connectivity index (χ2v) is 9.98. The Morgan fingerprint density at radius 1 is 1.05 bits per heavy atom. The van der Waals surface area contributed by atoms with Crippen LogP contribution in [0.5, 0.6) is 5.75 Å². The number of benzene rings is 2. The zero-order valence-electron chi connectivity index (χ0n) is 21.3. The van der Waals surface area contributed by atoms with Gasteiger partial charge in [-0.3, -0.25) is 0 Å². The van der Waals surface area contributed by atoms with Gasteiger partial charge in [0.2, 0.25) is 0 Å². The van der Waals surface area contributed by atoms with Gasteiger partial charge >= 0.3 is 18.2 Å². The molecule has 0 bridgehead atoms. The average Bonchev–Trinajstić information content (AvgIpc) is 3.48. The third-order valence-electron chi connectivity index (χ3n) is 7.20. The highest BCUT2D eigenvalue weighted by atomic mass is 19.4. The number of urea groups is 1. The lowest BCUT2D eigenvalue weighted by Gasteiger charge is -2.19. The summed E-state index contributed by atoms with van der Waals surface area (Å²) in [7, 11) is 1.71. The lowest BCUT2D eigenvalue weighted by atomic mass is 10.1. The molecule has 7 nitrogen and oxygen atoms in total. The third kappa shape index (κ3) is 7.18. The fourth-order valence-electron chi connectivity index (χ4n) is 4.97. The minimum absolute atomic E-state index is 0.0187. The molecule has 2 atom stereocenters. The Hall–Kier alpha value is -3.27. The van der Waals surface area contributed by atoms with Gasteiger partial charge in [-0.2, -0.15) is 13.2 Å². The molecule has 2 unspecified atom stereocenters. The van der Waals surface area contributed by atoms with E-state index in [9.17, 15) is 27.9 Å². The summed E-state index contributed by atoms with van der Waals surface area (Å²) in [6, 6.07) is 11.9. The molecule has 0 aromatic heterocycles. The number of ether oxygens (including phenoxy) is 2. The molecule has 1 saturated heterocycles. The van der Waals surface area contributed by atoms with Gasteiger partial charge in [0.1, 0.15) is 5.75 Å². The first-order valence-electron chi connectivity index (χ1n) is 12.9. The SMILES string of the molecule is CN1C(=O)N(Cc2ccc(C(F)(F)F)cc2)CC1CCOc1ccc(CC(OC2CCCC2)C(=O)O)cc1. The highest BCUT2D eigenvalue weighted by Crippen LogP contribution is 2.30. The highest BCUT2D eigenvalue weighted by molar-refractivity contribution is 5.77. The van der Waals surface area contributed by atoms with Crippen LogP contribution in [0.1, 0.15) is 48.8 Å². The predicted molar refractivity (Wildman–Crippen MR) is 134 cm³/mol. The fraction of sp³-hybridized carbons (Fsp3) is 0.500. The maximum atomic E-state index is 12.8. The first kappa shape index (κ1) is 27.8. The minimum atomic E-state index is -4.39. The molecule has 1 aliphatic carbocycles. The summed E-state index contributed by atoms with van der Waals surface area (Å²) < 4.78 is 50.0. The molecule has 2 aliphatic rings. The molecule has 1 heterocycles. The van der Waals surface area contributed by atoms with Crippen LogP contribution >= 0.6 is 0 Å². The monoisotopic (exact) mass is 534 g/mol. The van der Waals surface area contributed by atoms with Gasteiger partial charge in [-0.05, 0) is 48.2 Å². The lowest BCUT2D eigenvalue weighted by Crippen LogP contribution is -2.31. The topological polar surface area (TPSA) is 79.3 Å². The van der Waals surface area contributed by atoms with Crippen molar-refractivity contribution in [2.45, 2.75) is 69.5 Å². The van der Waals surface area contributed by atoms with E-state index in [-0.39, 0.29) is 31.1 Å². The number of hydrogen-bond acceptors (Lipinski definition) is 4. The fourth-order valence-corrected chi connectivity index (χ4v) is 4.97. The summed E-state index contributed by atoms with van der Waals surface area (Å²) in [4.78, 5) is 27.5. The quantitative estimate of drug-likeness (QED) is 0.420.